The highest BCUT2D eigenvalue weighted by Gasteiger charge is 2.37. The molecule has 2 heterocycles. The summed E-state index contributed by atoms with van der Waals surface area (Å²) in [5, 5.41) is 6.27. The van der Waals surface area contributed by atoms with Crippen LogP contribution < -0.4 is 10.6 Å². The first kappa shape index (κ1) is 12.0. The first-order valence-corrected chi connectivity index (χ1v) is 6.19. The van der Waals surface area contributed by atoms with Gasteiger partial charge in [0.15, 0.2) is 0 Å². The van der Waals surface area contributed by atoms with Crippen LogP contribution in [0.15, 0.2) is 24.5 Å². The summed E-state index contributed by atoms with van der Waals surface area (Å²) in [4.78, 5) is 16.4. The predicted molar refractivity (Wildman–Crippen MR) is 67.7 cm³/mol. The van der Waals surface area contributed by atoms with Gasteiger partial charge in [0.1, 0.15) is 0 Å². The summed E-state index contributed by atoms with van der Waals surface area (Å²) in [6.07, 6.45) is 6.10. The second kappa shape index (κ2) is 5.27. The zero-order valence-corrected chi connectivity index (χ0v) is 10.2. The van der Waals surface area contributed by atoms with Crippen LogP contribution in [0.3, 0.4) is 0 Å². The van der Waals surface area contributed by atoms with Gasteiger partial charge >= 0.3 is 0 Å². The monoisotopic (exact) mass is 233 g/mol. The molecule has 0 aromatic carbocycles. The molecule has 4 nitrogen and oxygen atoms in total. The summed E-state index contributed by atoms with van der Waals surface area (Å²) in [5.74, 6) is 0.134. The van der Waals surface area contributed by atoms with Crippen LogP contribution in [-0.2, 0) is 4.79 Å². The maximum Gasteiger partial charge on any atom is 0.230 e. The van der Waals surface area contributed by atoms with E-state index in [1.54, 1.807) is 12.4 Å². The minimum Gasteiger partial charge on any atom is -0.324 e. The number of aromatic nitrogens is 1. The Bertz CT molecular complexity index is 372. The number of anilines is 1. The first-order valence-electron chi connectivity index (χ1n) is 6.19. The lowest BCUT2D eigenvalue weighted by atomic mass is 9.76. The molecule has 0 atom stereocenters. The fourth-order valence-corrected chi connectivity index (χ4v) is 2.35. The molecule has 0 bridgehead atoms. The van der Waals surface area contributed by atoms with Gasteiger partial charge in [-0.25, -0.2) is 0 Å². The van der Waals surface area contributed by atoms with Crippen molar-refractivity contribution < 1.29 is 4.79 Å². The normalized spacial score (nSPS) is 18.6. The van der Waals surface area contributed by atoms with E-state index in [0.717, 1.165) is 38.0 Å². The van der Waals surface area contributed by atoms with Gasteiger partial charge in [-0.2, -0.15) is 0 Å². The van der Waals surface area contributed by atoms with Crippen LogP contribution in [0.1, 0.15) is 26.2 Å². The first-order chi connectivity index (χ1) is 8.27. The Kier molecular flexibility index (Phi) is 3.74. The van der Waals surface area contributed by atoms with Crippen molar-refractivity contribution in [2.75, 3.05) is 18.4 Å². The molecule has 17 heavy (non-hydrogen) atoms. The van der Waals surface area contributed by atoms with Crippen LogP contribution >= 0.6 is 0 Å². The molecule has 0 spiro atoms. The molecule has 1 fully saturated rings. The number of amides is 1. The standard InChI is InChI=1S/C13H19N3O/c1-2-13(5-8-14-9-6-13)12(17)16-11-4-3-7-15-10-11/h3-4,7,10,14H,2,5-6,8-9H2,1H3,(H,16,17). The fourth-order valence-electron chi connectivity index (χ4n) is 2.35. The minimum absolute atomic E-state index is 0.134. The van der Waals surface area contributed by atoms with Crippen LogP contribution in [0.25, 0.3) is 0 Å². The van der Waals surface area contributed by atoms with Crippen molar-refractivity contribution >= 4 is 11.6 Å². The van der Waals surface area contributed by atoms with Gasteiger partial charge < -0.3 is 10.6 Å². The number of pyridine rings is 1. The molecular formula is C13H19N3O. The highest BCUT2D eigenvalue weighted by Crippen LogP contribution is 2.33. The fraction of sp³-hybridized carbons (Fsp3) is 0.538. The van der Waals surface area contributed by atoms with Crippen molar-refractivity contribution in [3.8, 4) is 0 Å². The largest absolute Gasteiger partial charge is 0.324 e. The Morgan fingerprint density at radius 2 is 2.29 bits per heavy atom. The van der Waals surface area contributed by atoms with Crippen LogP contribution in [0.4, 0.5) is 5.69 Å². The topological polar surface area (TPSA) is 54.0 Å². The van der Waals surface area contributed by atoms with Crippen LogP contribution in [0.5, 0.6) is 0 Å². The molecule has 92 valence electrons. The summed E-state index contributed by atoms with van der Waals surface area (Å²) in [6, 6.07) is 3.70. The van der Waals surface area contributed by atoms with Crippen molar-refractivity contribution in [3.05, 3.63) is 24.5 Å². The predicted octanol–water partition coefficient (Wildman–Crippen LogP) is 1.80. The summed E-state index contributed by atoms with van der Waals surface area (Å²) in [5.41, 5.74) is 0.574. The number of hydrogen-bond donors (Lipinski definition) is 2. The summed E-state index contributed by atoms with van der Waals surface area (Å²) >= 11 is 0. The molecule has 2 N–H and O–H groups in total. The van der Waals surface area contributed by atoms with Gasteiger partial charge in [0.2, 0.25) is 5.91 Å². The molecule has 0 radical (unpaired) electrons. The van der Waals surface area contributed by atoms with E-state index in [1.165, 1.54) is 0 Å². The van der Waals surface area contributed by atoms with Crippen molar-refractivity contribution in [1.82, 2.24) is 10.3 Å². The van der Waals surface area contributed by atoms with E-state index in [-0.39, 0.29) is 11.3 Å². The molecule has 2 rings (SSSR count). The number of hydrogen-bond acceptors (Lipinski definition) is 3. The molecule has 1 aromatic rings. The summed E-state index contributed by atoms with van der Waals surface area (Å²) in [6.45, 7) is 3.94. The lowest BCUT2D eigenvalue weighted by Gasteiger charge is -2.35. The number of carbonyl (C=O) groups excluding carboxylic acids is 1. The van der Waals surface area contributed by atoms with E-state index in [4.69, 9.17) is 0 Å². The second-order valence-electron chi connectivity index (χ2n) is 4.58. The molecule has 1 amide bonds. The van der Waals surface area contributed by atoms with Crippen LogP contribution in [0.2, 0.25) is 0 Å². The summed E-state index contributed by atoms with van der Waals surface area (Å²) < 4.78 is 0. The molecule has 0 aliphatic carbocycles. The van der Waals surface area contributed by atoms with Gasteiger partial charge in [0, 0.05) is 6.20 Å². The number of nitrogens with one attached hydrogen (secondary N) is 2. The lowest BCUT2D eigenvalue weighted by Crippen LogP contribution is -2.44. The zero-order chi connectivity index (χ0) is 12.1. The maximum absolute atomic E-state index is 12.4. The third-order valence-electron chi connectivity index (χ3n) is 3.64. The molecule has 4 heteroatoms. The average Bonchev–Trinajstić information content (AvgIpc) is 2.40. The Balaban J connectivity index is 2.07. The van der Waals surface area contributed by atoms with E-state index in [2.05, 4.69) is 22.5 Å². The highest BCUT2D eigenvalue weighted by molar-refractivity contribution is 5.95. The minimum atomic E-state index is -0.207. The van der Waals surface area contributed by atoms with E-state index in [9.17, 15) is 4.79 Å². The second-order valence-corrected chi connectivity index (χ2v) is 4.58. The Labute approximate surface area is 102 Å². The molecule has 1 aliphatic heterocycles. The number of nitrogens with zero attached hydrogens (tertiary/aromatic N) is 1. The molecular weight excluding hydrogens is 214 g/mol. The molecule has 1 aliphatic rings. The van der Waals surface area contributed by atoms with Gasteiger partial charge in [-0.3, -0.25) is 9.78 Å². The van der Waals surface area contributed by atoms with E-state index in [1.807, 2.05) is 12.1 Å². The van der Waals surface area contributed by atoms with Gasteiger partial charge in [0.25, 0.3) is 0 Å². The molecule has 1 saturated heterocycles. The van der Waals surface area contributed by atoms with Crippen molar-refractivity contribution in [3.63, 3.8) is 0 Å². The van der Waals surface area contributed by atoms with Gasteiger partial charge in [0.05, 0.1) is 17.3 Å². The molecule has 0 saturated carbocycles. The highest BCUT2D eigenvalue weighted by atomic mass is 16.2. The van der Waals surface area contributed by atoms with E-state index in [0.29, 0.717) is 0 Å². The maximum atomic E-state index is 12.4. The lowest BCUT2D eigenvalue weighted by molar-refractivity contribution is -0.127. The smallest absolute Gasteiger partial charge is 0.230 e. The van der Waals surface area contributed by atoms with Gasteiger partial charge in [-0.15, -0.1) is 0 Å². The SMILES string of the molecule is CCC1(C(=O)Nc2cccnc2)CCNCC1. The average molecular weight is 233 g/mol. The van der Waals surface area contributed by atoms with E-state index >= 15 is 0 Å². The van der Waals surface area contributed by atoms with E-state index < -0.39 is 0 Å². The quantitative estimate of drug-likeness (QED) is 0.837. The Hall–Kier alpha value is -1.42. The Morgan fingerprint density at radius 1 is 1.53 bits per heavy atom. The van der Waals surface area contributed by atoms with Crippen molar-refractivity contribution in [1.29, 1.82) is 0 Å². The van der Waals surface area contributed by atoms with Crippen molar-refractivity contribution in [2.45, 2.75) is 26.2 Å². The molecule has 1 aromatic heterocycles. The van der Waals surface area contributed by atoms with Crippen LogP contribution in [-0.4, -0.2) is 24.0 Å². The molecule has 0 unspecified atom stereocenters. The number of piperidine rings is 1. The third-order valence-corrected chi connectivity index (χ3v) is 3.64. The van der Waals surface area contributed by atoms with Gasteiger partial charge in [-0.05, 0) is 44.5 Å². The zero-order valence-electron chi connectivity index (χ0n) is 10.2. The van der Waals surface area contributed by atoms with Gasteiger partial charge in [-0.1, -0.05) is 6.92 Å². The number of carbonyl (C=O) groups is 1. The van der Waals surface area contributed by atoms with Crippen molar-refractivity contribution in [2.24, 2.45) is 5.41 Å². The summed E-state index contributed by atoms with van der Waals surface area (Å²) in [7, 11) is 0. The number of rotatable bonds is 3. The third kappa shape index (κ3) is 2.64. The van der Waals surface area contributed by atoms with Crippen LogP contribution in [0, 0.1) is 5.41 Å². The Morgan fingerprint density at radius 3 is 2.88 bits per heavy atom.